The molecule has 0 aliphatic heterocycles. The van der Waals surface area contributed by atoms with E-state index >= 15 is 0 Å². The van der Waals surface area contributed by atoms with Crippen LogP contribution in [0.25, 0.3) is 0 Å². The zero-order valence-corrected chi connectivity index (χ0v) is 11.2. The molecule has 0 rings (SSSR count). The minimum atomic E-state index is -2.38. The first kappa shape index (κ1) is 17.8. The molecule has 2 unspecified atom stereocenters. The summed E-state index contributed by atoms with van der Waals surface area (Å²) < 4.78 is 19.6. The monoisotopic (exact) mass is 280 g/mol. The molecule has 0 amide bonds. The van der Waals surface area contributed by atoms with Gasteiger partial charge < -0.3 is 29.2 Å². The second-order valence-corrected chi connectivity index (χ2v) is 3.61. The minimum absolute atomic E-state index is 0.0254. The van der Waals surface area contributed by atoms with Crippen molar-refractivity contribution in [3.63, 3.8) is 0 Å². The first-order chi connectivity index (χ1) is 8.96. The molecule has 0 aliphatic rings. The van der Waals surface area contributed by atoms with E-state index in [1.807, 2.05) is 0 Å². The SMILES string of the molecule is CCCOC(OC)(C(=O)O)C(OCCOC)C(=O)O. The molecule has 8 heteroatoms. The van der Waals surface area contributed by atoms with E-state index in [4.69, 9.17) is 24.1 Å². The molecule has 0 bridgehead atoms. The Morgan fingerprint density at radius 2 is 1.79 bits per heavy atom. The van der Waals surface area contributed by atoms with E-state index in [1.54, 1.807) is 6.92 Å². The summed E-state index contributed by atoms with van der Waals surface area (Å²) in [5, 5.41) is 18.3. The van der Waals surface area contributed by atoms with Crippen molar-refractivity contribution >= 4 is 11.9 Å². The first-order valence-electron chi connectivity index (χ1n) is 5.72. The molecule has 0 aromatic heterocycles. The van der Waals surface area contributed by atoms with Crippen molar-refractivity contribution in [3.8, 4) is 0 Å². The molecule has 19 heavy (non-hydrogen) atoms. The summed E-state index contributed by atoms with van der Waals surface area (Å²) in [6.07, 6.45) is -1.29. The van der Waals surface area contributed by atoms with Gasteiger partial charge in [0.1, 0.15) is 0 Å². The van der Waals surface area contributed by atoms with Crippen LogP contribution in [0.4, 0.5) is 0 Å². The van der Waals surface area contributed by atoms with Gasteiger partial charge in [-0.3, -0.25) is 0 Å². The maximum Gasteiger partial charge on any atom is 0.368 e. The smallest absolute Gasteiger partial charge is 0.368 e. The Bertz CT molecular complexity index is 292. The molecule has 0 heterocycles. The first-order valence-corrected chi connectivity index (χ1v) is 5.72. The minimum Gasteiger partial charge on any atom is -0.479 e. The number of carbonyl (C=O) groups is 2. The summed E-state index contributed by atoms with van der Waals surface area (Å²) in [5.74, 6) is -5.43. The van der Waals surface area contributed by atoms with Gasteiger partial charge >= 0.3 is 17.7 Å². The number of carboxylic acid groups (broad SMARTS) is 2. The highest BCUT2D eigenvalue weighted by Crippen LogP contribution is 2.22. The predicted molar refractivity (Wildman–Crippen MR) is 62.9 cm³/mol. The van der Waals surface area contributed by atoms with Gasteiger partial charge in [0.2, 0.25) is 6.10 Å². The Kier molecular flexibility index (Phi) is 8.24. The zero-order valence-electron chi connectivity index (χ0n) is 11.2. The van der Waals surface area contributed by atoms with Gasteiger partial charge in [0.15, 0.2) is 0 Å². The molecule has 0 spiro atoms. The van der Waals surface area contributed by atoms with Crippen molar-refractivity contribution in [2.24, 2.45) is 0 Å². The highest BCUT2D eigenvalue weighted by Gasteiger charge is 2.53. The van der Waals surface area contributed by atoms with E-state index in [0.29, 0.717) is 6.42 Å². The quantitative estimate of drug-likeness (QED) is 0.400. The molecular formula is C11H20O8. The van der Waals surface area contributed by atoms with Gasteiger partial charge in [-0.2, -0.15) is 0 Å². The summed E-state index contributed by atoms with van der Waals surface area (Å²) in [6.45, 7) is 1.81. The van der Waals surface area contributed by atoms with Gasteiger partial charge in [0, 0.05) is 14.2 Å². The molecule has 2 atom stereocenters. The van der Waals surface area contributed by atoms with Crippen LogP contribution in [0.1, 0.15) is 13.3 Å². The third-order valence-electron chi connectivity index (χ3n) is 2.26. The molecule has 0 saturated carbocycles. The fourth-order valence-electron chi connectivity index (χ4n) is 1.35. The van der Waals surface area contributed by atoms with Crippen LogP contribution in [0.3, 0.4) is 0 Å². The maximum absolute atomic E-state index is 11.3. The summed E-state index contributed by atoms with van der Waals surface area (Å²) in [6, 6.07) is 0. The molecule has 112 valence electrons. The second kappa shape index (κ2) is 8.81. The Hall–Kier alpha value is -1.22. The molecule has 0 fully saturated rings. The van der Waals surface area contributed by atoms with Crippen molar-refractivity contribution in [1.29, 1.82) is 0 Å². The van der Waals surface area contributed by atoms with Gasteiger partial charge in [-0.15, -0.1) is 0 Å². The molecule has 0 aromatic rings. The summed E-state index contributed by atoms with van der Waals surface area (Å²) >= 11 is 0. The van der Waals surface area contributed by atoms with Gasteiger partial charge in [-0.1, -0.05) is 6.92 Å². The lowest BCUT2D eigenvalue weighted by molar-refractivity contribution is -0.276. The van der Waals surface area contributed by atoms with Gasteiger partial charge in [-0.05, 0) is 6.42 Å². The average molecular weight is 280 g/mol. The number of ether oxygens (including phenoxy) is 4. The molecule has 0 radical (unpaired) electrons. The highest BCUT2D eigenvalue weighted by molar-refractivity contribution is 5.86. The van der Waals surface area contributed by atoms with Crippen LogP contribution in [0.15, 0.2) is 0 Å². The molecule has 2 N–H and O–H groups in total. The van der Waals surface area contributed by atoms with Crippen LogP contribution >= 0.6 is 0 Å². The van der Waals surface area contributed by atoms with Gasteiger partial charge in [-0.25, -0.2) is 9.59 Å². The molecule has 0 aliphatic carbocycles. The van der Waals surface area contributed by atoms with Crippen molar-refractivity contribution in [1.82, 2.24) is 0 Å². The lowest BCUT2D eigenvalue weighted by Crippen LogP contribution is -2.58. The predicted octanol–water partition coefficient (Wildman–Crippen LogP) is -0.0435. The maximum atomic E-state index is 11.3. The van der Waals surface area contributed by atoms with E-state index in [2.05, 4.69) is 0 Å². The Balaban J connectivity index is 5.11. The lowest BCUT2D eigenvalue weighted by atomic mass is 10.1. The fraction of sp³-hybridized carbons (Fsp3) is 0.818. The van der Waals surface area contributed by atoms with E-state index < -0.39 is 23.8 Å². The van der Waals surface area contributed by atoms with Gasteiger partial charge in [0.25, 0.3) is 0 Å². The number of carboxylic acids is 2. The second-order valence-electron chi connectivity index (χ2n) is 3.61. The van der Waals surface area contributed by atoms with Crippen molar-refractivity contribution < 1.29 is 38.7 Å². The molecule has 0 saturated heterocycles. The van der Waals surface area contributed by atoms with Crippen LogP contribution in [-0.2, 0) is 28.5 Å². The van der Waals surface area contributed by atoms with E-state index in [9.17, 15) is 14.7 Å². The number of hydrogen-bond acceptors (Lipinski definition) is 6. The fourth-order valence-corrected chi connectivity index (χ4v) is 1.35. The molecule has 0 aromatic carbocycles. The summed E-state index contributed by atoms with van der Waals surface area (Å²) in [5.41, 5.74) is 0. The van der Waals surface area contributed by atoms with Crippen molar-refractivity contribution in [2.75, 3.05) is 34.0 Å². The normalized spacial score (nSPS) is 15.7. The third kappa shape index (κ3) is 4.75. The summed E-state index contributed by atoms with van der Waals surface area (Å²) in [7, 11) is 2.47. The lowest BCUT2D eigenvalue weighted by Gasteiger charge is -2.32. The average Bonchev–Trinajstić information content (AvgIpc) is 2.37. The van der Waals surface area contributed by atoms with Crippen molar-refractivity contribution in [2.45, 2.75) is 25.2 Å². The Morgan fingerprint density at radius 3 is 2.16 bits per heavy atom. The molecule has 8 nitrogen and oxygen atoms in total. The summed E-state index contributed by atoms with van der Waals surface area (Å²) in [4.78, 5) is 22.5. The van der Waals surface area contributed by atoms with Crippen LogP contribution in [0.5, 0.6) is 0 Å². The van der Waals surface area contributed by atoms with Gasteiger partial charge in [0.05, 0.1) is 19.8 Å². The van der Waals surface area contributed by atoms with Crippen molar-refractivity contribution in [3.05, 3.63) is 0 Å². The number of rotatable bonds is 11. The molecular weight excluding hydrogens is 260 g/mol. The number of hydrogen-bond donors (Lipinski definition) is 2. The topological polar surface area (TPSA) is 112 Å². The number of aliphatic carboxylic acids is 2. The number of methoxy groups -OCH3 is 2. The Labute approximate surface area is 111 Å². The zero-order chi connectivity index (χ0) is 14.9. The third-order valence-corrected chi connectivity index (χ3v) is 2.26. The van der Waals surface area contributed by atoms with E-state index in [1.165, 1.54) is 7.11 Å². The van der Waals surface area contributed by atoms with Crippen LogP contribution in [-0.4, -0.2) is 68.1 Å². The van der Waals surface area contributed by atoms with Crippen LogP contribution in [0.2, 0.25) is 0 Å². The largest absolute Gasteiger partial charge is 0.479 e. The Morgan fingerprint density at radius 1 is 1.16 bits per heavy atom. The van der Waals surface area contributed by atoms with E-state index in [-0.39, 0.29) is 19.8 Å². The van der Waals surface area contributed by atoms with Crippen LogP contribution in [0, 0.1) is 0 Å². The van der Waals surface area contributed by atoms with E-state index in [0.717, 1.165) is 7.11 Å². The van der Waals surface area contributed by atoms with Crippen LogP contribution < -0.4 is 0 Å². The highest BCUT2D eigenvalue weighted by atomic mass is 16.7. The standard InChI is InChI=1S/C11H20O8/c1-4-5-19-11(17-3,10(14)15)8(9(12)13)18-7-6-16-2/h8H,4-7H2,1-3H3,(H,12,13)(H,14,15).